The Morgan fingerprint density at radius 3 is 2.69 bits per heavy atom. The minimum atomic E-state index is -0.571. The van der Waals surface area contributed by atoms with Crippen molar-refractivity contribution in [2.45, 2.75) is 57.2 Å². The molecule has 0 aliphatic heterocycles. The van der Waals surface area contributed by atoms with Crippen LogP contribution in [0.1, 0.15) is 52.1 Å². The van der Waals surface area contributed by atoms with E-state index in [1.54, 1.807) is 0 Å². The molecular formula is C18H24ClN3O3S. The van der Waals surface area contributed by atoms with E-state index < -0.39 is 17.7 Å². The van der Waals surface area contributed by atoms with Crippen molar-refractivity contribution in [1.82, 2.24) is 15.5 Å². The molecule has 2 rings (SSSR count). The fourth-order valence-corrected chi connectivity index (χ4v) is 3.05. The van der Waals surface area contributed by atoms with Crippen molar-refractivity contribution < 1.29 is 13.9 Å². The largest absolute Gasteiger partial charge is 0.444 e. The Labute approximate surface area is 163 Å². The average Bonchev–Trinajstić information content (AvgIpc) is 2.97. The number of thioether (sulfide) groups is 1. The van der Waals surface area contributed by atoms with Gasteiger partial charge in [-0.05, 0) is 44.4 Å². The highest BCUT2D eigenvalue weighted by molar-refractivity contribution is 7.98. The van der Waals surface area contributed by atoms with Crippen molar-refractivity contribution in [3.63, 3.8) is 0 Å². The van der Waals surface area contributed by atoms with E-state index in [0.717, 1.165) is 5.56 Å². The molecule has 0 unspecified atom stereocenters. The van der Waals surface area contributed by atoms with Crippen molar-refractivity contribution in [3.8, 4) is 0 Å². The van der Waals surface area contributed by atoms with E-state index in [2.05, 4.69) is 15.5 Å². The molecule has 1 aromatic carbocycles. The standard InChI is InChI=1S/C18H24ClN3O3S/c1-11(2)14(20-16(23)25-18(3,4)5)15-21-22-17(24-15)26-10-12-7-6-8-13(19)9-12/h6-9,11,14H,10H2,1-5H3,(H,20,23)/t14-/m0/s1. The molecule has 6 nitrogen and oxygen atoms in total. The second kappa shape index (κ2) is 8.77. The lowest BCUT2D eigenvalue weighted by molar-refractivity contribution is 0.0477. The summed E-state index contributed by atoms with van der Waals surface area (Å²) in [6.45, 7) is 9.37. The number of hydrogen-bond donors (Lipinski definition) is 1. The zero-order valence-corrected chi connectivity index (χ0v) is 17.1. The Kier molecular flexibility index (Phi) is 6.94. The van der Waals surface area contributed by atoms with Gasteiger partial charge in [0.1, 0.15) is 11.6 Å². The smallest absolute Gasteiger partial charge is 0.408 e. The van der Waals surface area contributed by atoms with Gasteiger partial charge in [-0.3, -0.25) is 0 Å². The van der Waals surface area contributed by atoms with Crippen LogP contribution in [-0.2, 0) is 10.5 Å². The Bertz CT molecular complexity index is 743. The molecule has 0 saturated heterocycles. The number of nitrogens with zero attached hydrogens (tertiary/aromatic N) is 2. The number of amides is 1. The molecule has 1 aromatic heterocycles. The van der Waals surface area contributed by atoms with Gasteiger partial charge in [-0.2, -0.15) is 0 Å². The van der Waals surface area contributed by atoms with Gasteiger partial charge in [0.15, 0.2) is 0 Å². The number of carbonyl (C=O) groups excluding carboxylic acids is 1. The SMILES string of the molecule is CC(C)[C@H](NC(=O)OC(C)(C)C)c1nnc(SCc2cccc(Cl)c2)o1. The molecule has 0 radical (unpaired) electrons. The fourth-order valence-electron chi connectivity index (χ4n) is 2.12. The Morgan fingerprint density at radius 2 is 2.08 bits per heavy atom. The molecule has 1 amide bonds. The lowest BCUT2D eigenvalue weighted by Gasteiger charge is -2.23. The van der Waals surface area contributed by atoms with E-state index in [0.29, 0.717) is 21.9 Å². The van der Waals surface area contributed by atoms with Crippen LogP contribution in [0.25, 0.3) is 0 Å². The Morgan fingerprint density at radius 1 is 1.35 bits per heavy atom. The van der Waals surface area contributed by atoms with Crippen molar-refractivity contribution in [3.05, 3.63) is 40.7 Å². The maximum atomic E-state index is 12.1. The van der Waals surface area contributed by atoms with Crippen molar-refractivity contribution in [2.24, 2.45) is 5.92 Å². The van der Waals surface area contributed by atoms with Crippen LogP contribution in [-0.4, -0.2) is 21.9 Å². The molecular weight excluding hydrogens is 374 g/mol. The van der Waals surface area contributed by atoms with E-state index >= 15 is 0 Å². The summed E-state index contributed by atoms with van der Waals surface area (Å²) in [7, 11) is 0. The van der Waals surface area contributed by atoms with Gasteiger partial charge in [0.05, 0.1) is 0 Å². The van der Waals surface area contributed by atoms with Crippen LogP contribution in [0.2, 0.25) is 5.02 Å². The van der Waals surface area contributed by atoms with Crippen LogP contribution in [0.15, 0.2) is 33.9 Å². The van der Waals surface area contributed by atoms with Gasteiger partial charge in [-0.15, -0.1) is 10.2 Å². The highest BCUT2D eigenvalue weighted by Gasteiger charge is 2.27. The minimum absolute atomic E-state index is 0.0637. The summed E-state index contributed by atoms with van der Waals surface area (Å²) in [5, 5.41) is 12.1. The molecule has 0 fully saturated rings. The molecule has 0 aliphatic carbocycles. The van der Waals surface area contributed by atoms with E-state index in [9.17, 15) is 4.79 Å². The first-order chi connectivity index (χ1) is 12.1. The normalized spacial score (nSPS) is 12.9. The number of nitrogens with one attached hydrogen (secondary N) is 1. The number of rotatable bonds is 6. The van der Waals surface area contributed by atoms with Crippen LogP contribution in [0.4, 0.5) is 4.79 Å². The number of ether oxygens (including phenoxy) is 1. The summed E-state index contributed by atoms with van der Waals surface area (Å²) in [6, 6.07) is 7.19. The van der Waals surface area contributed by atoms with Gasteiger partial charge in [0, 0.05) is 10.8 Å². The third-order valence-corrected chi connectivity index (χ3v) is 4.40. The Hall–Kier alpha value is -1.73. The second-order valence-electron chi connectivity index (χ2n) is 7.19. The summed E-state index contributed by atoms with van der Waals surface area (Å²) in [5.74, 6) is 1.09. The van der Waals surface area contributed by atoms with Crippen LogP contribution >= 0.6 is 23.4 Å². The highest BCUT2D eigenvalue weighted by atomic mass is 35.5. The molecule has 2 aromatic rings. The third kappa shape index (κ3) is 6.53. The molecule has 1 N–H and O–H groups in total. The molecule has 8 heteroatoms. The summed E-state index contributed by atoms with van der Waals surface area (Å²) >= 11 is 7.41. The summed E-state index contributed by atoms with van der Waals surface area (Å²) in [6.07, 6.45) is -0.512. The quantitative estimate of drug-likeness (QED) is 0.672. The maximum Gasteiger partial charge on any atom is 0.408 e. The number of carbonyl (C=O) groups is 1. The van der Waals surface area contributed by atoms with Crippen LogP contribution in [0.5, 0.6) is 0 Å². The summed E-state index contributed by atoms with van der Waals surface area (Å²) in [5.41, 5.74) is 0.493. The summed E-state index contributed by atoms with van der Waals surface area (Å²) < 4.78 is 11.0. The van der Waals surface area contributed by atoms with Crippen LogP contribution in [0, 0.1) is 5.92 Å². The van der Waals surface area contributed by atoms with Crippen molar-refractivity contribution >= 4 is 29.5 Å². The molecule has 142 valence electrons. The van der Waals surface area contributed by atoms with Gasteiger partial charge >= 0.3 is 6.09 Å². The molecule has 0 spiro atoms. The van der Waals surface area contributed by atoms with E-state index in [-0.39, 0.29) is 5.92 Å². The molecule has 0 saturated carbocycles. The van der Waals surface area contributed by atoms with E-state index in [4.69, 9.17) is 20.8 Å². The first-order valence-electron chi connectivity index (χ1n) is 8.34. The molecule has 0 bridgehead atoms. The molecule has 1 atom stereocenters. The zero-order valence-electron chi connectivity index (χ0n) is 15.6. The fraction of sp³-hybridized carbons (Fsp3) is 0.500. The third-order valence-electron chi connectivity index (χ3n) is 3.28. The number of aromatic nitrogens is 2. The highest BCUT2D eigenvalue weighted by Crippen LogP contribution is 2.27. The van der Waals surface area contributed by atoms with Crippen LogP contribution in [0.3, 0.4) is 0 Å². The van der Waals surface area contributed by atoms with Crippen LogP contribution < -0.4 is 5.32 Å². The van der Waals surface area contributed by atoms with Gasteiger partial charge in [-0.1, -0.05) is 49.3 Å². The van der Waals surface area contributed by atoms with Gasteiger partial charge in [0.2, 0.25) is 5.89 Å². The topological polar surface area (TPSA) is 77.2 Å². The molecule has 26 heavy (non-hydrogen) atoms. The summed E-state index contributed by atoms with van der Waals surface area (Å²) in [4.78, 5) is 12.1. The van der Waals surface area contributed by atoms with Gasteiger partial charge < -0.3 is 14.5 Å². The maximum absolute atomic E-state index is 12.1. The average molecular weight is 398 g/mol. The number of hydrogen-bond acceptors (Lipinski definition) is 6. The lowest BCUT2D eigenvalue weighted by Crippen LogP contribution is -2.37. The predicted molar refractivity (Wildman–Crippen MR) is 102 cm³/mol. The van der Waals surface area contributed by atoms with Gasteiger partial charge in [0.25, 0.3) is 5.22 Å². The second-order valence-corrected chi connectivity index (χ2v) is 8.56. The van der Waals surface area contributed by atoms with E-state index in [1.807, 2.05) is 58.9 Å². The predicted octanol–water partition coefficient (Wildman–Crippen LogP) is 5.24. The lowest BCUT2D eigenvalue weighted by atomic mass is 10.1. The molecule has 0 aliphatic rings. The van der Waals surface area contributed by atoms with Crippen molar-refractivity contribution in [2.75, 3.05) is 0 Å². The van der Waals surface area contributed by atoms with E-state index in [1.165, 1.54) is 11.8 Å². The Balaban J connectivity index is 2.01. The first-order valence-corrected chi connectivity index (χ1v) is 9.70. The number of alkyl carbamates (subject to hydrolysis) is 1. The zero-order chi connectivity index (χ0) is 19.3. The number of halogens is 1. The monoisotopic (exact) mass is 397 g/mol. The molecule has 1 heterocycles. The minimum Gasteiger partial charge on any atom is -0.444 e. The first kappa shape index (κ1) is 20.6. The van der Waals surface area contributed by atoms with Crippen molar-refractivity contribution in [1.29, 1.82) is 0 Å². The van der Waals surface area contributed by atoms with Gasteiger partial charge in [-0.25, -0.2) is 4.79 Å². The number of benzene rings is 1.